The average Bonchev–Trinajstić information content (AvgIpc) is 2.25. The zero-order valence-corrected chi connectivity index (χ0v) is 10.7. The summed E-state index contributed by atoms with van der Waals surface area (Å²) < 4.78 is 5.35. The Labute approximate surface area is 103 Å². The molecule has 0 amide bonds. The lowest BCUT2D eigenvalue weighted by atomic mass is 9.64. The van der Waals surface area contributed by atoms with Crippen molar-refractivity contribution in [2.75, 3.05) is 6.61 Å². The SMILES string of the molecule is CCCOC(=O)C1(c2cccc(C)c2)CCC1. The van der Waals surface area contributed by atoms with Crippen LogP contribution in [0.1, 0.15) is 43.7 Å². The maximum absolute atomic E-state index is 12.2. The van der Waals surface area contributed by atoms with Crippen molar-refractivity contribution in [2.24, 2.45) is 0 Å². The van der Waals surface area contributed by atoms with E-state index in [1.54, 1.807) is 0 Å². The van der Waals surface area contributed by atoms with Crippen molar-refractivity contribution in [3.05, 3.63) is 35.4 Å². The molecule has 1 aromatic carbocycles. The minimum Gasteiger partial charge on any atom is -0.465 e. The van der Waals surface area contributed by atoms with Crippen LogP contribution in [0.5, 0.6) is 0 Å². The zero-order chi connectivity index (χ0) is 12.3. The molecule has 2 nitrogen and oxygen atoms in total. The number of hydrogen-bond donors (Lipinski definition) is 0. The first-order valence-electron chi connectivity index (χ1n) is 6.43. The highest BCUT2D eigenvalue weighted by atomic mass is 16.5. The summed E-state index contributed by atoms with van der Waals surface area (Å²) in [6.07, 6.45) is 3.86. The molecule has 0 atom stereocenters. The number of aryl methyl sites for hydroxylation is 1. The second kappa shape index (κ2) is 4.91. The van der Waals surface area contributed by atoms with E-state index in [0.29, 0.717) is 6.61 Å². The van der Waals surface area contributed by atoms with Crippen molar-refractivity contribution >= 4 is 5.97 Å². The van der Waals surface area contributed by atoms with Gasteiger partial charge in [-0.25, -0.2) is 0 Å². The van der Waals surface area contributed by atoms with Crippen molar-refractivity contribution in [3.8, 4) is 0 Å². The van der Waals surface area contributed by atoms with Gasteiger partial charge in [-0.3, -0.25) is 4.79 Å². The monoisotopic (exact) mass is 232 g/mol. The van der Waals surface area contributed by atoms with Gasteiger partial charge in [0.05, 0.1) is 12.0 Å². The van der Waals surface area contributed by atoms with E-state index in [0.717, 1.165) is 31.2 Å². The molecule has 1 aliphatic rings. The summed E-state index contributed by atoms with van der Waals surface area (Å²) in [6.45, 7) is 4.62. The quantitative estimate of drug-likeness (QED) is 0.744. The number of rotatable bonds is 4. The fourth-order valence-corrected chi connectivity index (χ4v) is 2.42. The number of benzene rings is 1. The van der Waals surface area contributed by atoms with Crippen LogP contribution in [0.15, 0.2) is 24.3 Å². The summed E-state index contributed by atoms with van der Waals surface area (Å²) in [5.74, 6) is -0.0313. The molecule has 0 spiro atoms. The van der Waals surface area contributed by atoms with Gasteiger partial charge in [-0.1, -0.05) is 43.2 Å². The molecule has 0 unspecified atom stereocenters. The number of carbonyl (C=O) groups is 1. The molecule has 92 valence electrons. The van der Waals surface area contributed by atoms with Crippen LogP contribution >= 0.6 is 0 Å². The Kier molecular flexibility index (Phi) is 3.51. The molecule has 1 fully saturated rings. The Morgan fingerprint density at radius 3 is 2.71 bits per heavy atom. The first-order valence-corrected chi connectivity index (χ1v) is 6.43. The van der Waals surface area contributed by atoms with Gasteiger partial charge in [0.2, 0.25) is 0 Å². The lowest BCUT2D eigenvalue weighted by molar-refractivity contribution is -0.154. The third-order valence-electron chi connectivity index (χ3n) is 3.61. The highest BCUT2D eigenvalue weighted by molar-refractivity contribution is 5.84. The van der Waals surface area contributed by atoms with Gasteiger partial charge in [0.15, 0.2) is 0 Å². The summed E-state index contributed by atoms with van der Waals surface area (Å²) >= 11 is 0. The normalized spacial score (nSPS) is 17.3. The third kappa shape index (κ3) is 2.21. The van der Waals surface area contributed by atoms with Crippen LogP contribution in [0.3, 0.4) is 0 Å². The molecule has 1 saturated carbocycles. The van der Waals surface area contributed by atoms with Gasteiger partial charge in [-0.05, 0) is 31.7 Å². The Morgan fingerprint density at radius 1 is 1.41 bits per heavy atom. The lowest BCUT2D eigenvalue weighted by Gasteiger charge is -2.39. The number of ether oxygens (including phenoxy) is 1. The number of hydrogen-bond acceptors (Lipinski definition) is 2. The van der Waals surface area contributed by atoms with Gasteiger partial charge in [-0.15, -0.1) is 0 Å². The maximum Gasteiger partial charge on any atom is 0.316 e. The van der Waals surface area contributed by atoms with Crippen LogP contribution in [0.2, 0.25) is 0 Å². The Hall–Kier alpha value is -1.31. The van der Waals surface area contributed by atoms with Crippen molar-refractivity contribution in [1.29, 1.82) is 0 Å². The molecule has 0 N–H and O–H groups in total. The van der Waals surface area contributed by atoms with Crippen LogP contribution in [0.4, 0.5) is 0 Å². The smallest absolute Gasteiger partial charge is 0.316 e. The fraction of sp³-hybridized carbons (Fsp3) is 0.533. The molecule has 17 heavy (non-hydrogen) atoms. The minimum atomic E-state index is -0.346. The summed E-state index contributed by atoms with van der Waals surface area (Å²) in [4.78, 5) is 12.2. The van der Waals surface area contributed by atoms with Crippen LogP contribution in [-0.4, -0.2) is 12.6 Å². The van der Waals surface area contributed by atoms with E-state index in [9.17, 15) is 4.79 Å². The molecular weight excluding hydrogens is 212 g/mol. The molecule has 0 heterocycles. The fourth-order valence-electron chi connectivity index (χ4n) is 2.42. The third-order valence-corrected chi connectivity index (χ3v) is 3.61. The van der Waals surface area contributed by atoms with Crippen molar-refractivity contribution in [2.45, 2.75) is 44.9 Å². The Balaban J connectivity index is 2.22. The van der Waals surface area contributed by atoms with Crippen molar-refractivity contribution in [3.63, 3.8) is 0 Å². The van der Waals surface area contributed by atoms with Gasteiger partial charge in [0.25, 0.3) is 0 Å². The van der Waals surface area contributed by atoms with Crippen molar-refractivity contribution in [1.82, 2.24) is 0 Å². The van der Waals surface area contributed by atoms with E-state index in [1.165, 1.54) is 5.56 Å². The van der Waals surface area contributed by atoms with Crippen LogP contribution in [0, 0.1) is 6.92 Å². The number of esters is 1. The molecule has 0 aromatic heterocycles. The van der Waals surface area contributed by atoms with E-state index in [2.05, 4.69) is 25.1 Å². The largest absolute Gasteiger partial charge is 0.465 e. The lowest BCUT2D eigenvalue weighted by Crippen LogP contribution is -2.43. The molecule has 2 heteroatoms. The summed E-state index contributed by atoms with van der Waals surface area (Å²) in [6, 6.07) is 8.26. The standard InChI is InChI=1S/C15H20O2/c1-3-10-17-14(16)15(8-5-9-15)13-7-4-6-12(2)11-13/h4,6-7,11H,3,5,8-10H2,1-2H3. The number of carbonyl (C=O) groups excluding carboxylic acids is 1. The Bertz CT molecular complexity index is 405. The van der Waals surface area contributed by atoms with E-state index in [1.807, 2.05) is 13.0 Å². The average molecular weight is 232 g/mol. The van der Waals surface area contributed by atoms with E-state index in [4.69, 9.17) is 4.74 Å². The van der Waals surface area contributed by atoms with Gasteiger partial charge < -0.3 is 4.74 Å². The molecule has 0 aliphatic heterocycles. The molecule has 0 radical (unpaired) electrons. The molecule has 0 saturated heterocycles. The van der Waals surface area contributed by atoms with Crippen molar-refractivity contribution < 1.29 is 9.53 Å². The van der Waals surface area contributed by atoms with E-state index >= 15 is 0 Å². The molecule has 0 bridgehead atoms. The highest BCUT2D eigenvalue weighted by Crippen LogP contribution is 2.44. The molecular formula is C15H20O2. The summed E-state index contributed by atoms with van der Waals surface area (Å²) in [5, 5.41) is 0. The second-order valence-electron chi connectivity index (χ2n) is 4.94. The zero-order valence-electron chi connectivity index (χ0n) is 10.7. The maximum atomic E-state index is 12.2. The van der Waals surface area contributed by atoms with Gasteiger partial charge >= 0.3 is 5.97 Å². The van der Waals surface area contributed by atoms with Crippen LogP contribution in [0.25, 0.3) is 0 Å². The predicted molar refractivity (Wildman–Crippen MR) is 68.0 cm³/mol. The molecule has 1 aliphatic carbocycles. The van der Waals surface area contributed by atoms with E-state index in [-0.39, 0.29) is 11.4 Å². The molecule has 2 rings (SSSR count). The highest BCUT2D eigenvalue weighted by Gasteiger charge is 2.46. The van der Waals surface area contributed by atoms with Crippen LogP contribution < -0.4 is 0 Å². The first kappa shape index (κ1) is 12.2. The summed E-state index contributed by atoms with van der Waals surface area (Å²) in [5.41, 5.74) is 1.99. The Morgan fingerprint density at radius 2 is 2.18 bits per heavy atom. The van der Waals surface area contributed by atoms with Crippen LogP contribution in [-0.2, 0) is 14.9 Å². The predicted octanol–water partition coefficient (Wildman–Crippen LogP) is 3.37. The summed E-state index contributed by atoms with van der Waals surface area (Å²) in [7, 11) is 0. The van der Waals surface area contributed by atoms with Gasteiger partial charge in [0, 0.05) is 0 Å². The second-order valence-corrected chi connectivity index (χ2v) is 4.94. The van der Waals surface area contributed by atoms with E-state index < -0.39 is 0 Å². The van der Waals surface area contributed by atoms with Gasteiger partial charge in [0.1, 0.15) is 0 Å². The first-order chi connectivity index (χ1) is 8.19. The minimum absolute atomic E-state index is 0.0313. The van der Waals surface area contributed by atoms with Gasteiger partial charge in [-0.2, -0.15) is 0 Å². The topological polar surface area (TPSA) is 26.3 Å². The molecule has 1 aromatic rings.